The fraction of sp³-hybridized carbons (Fsp3) is 0.875. The van der Waals surface area contributed by atoms with Gasteiger partial charge in [-0.2, -0.15) is 12.6 Å². The van der Waals surface area contributed by atoms with Crippen LogP contribution in [0.4, 0.5) is 0 Å². The van der Waals surface area contributed by atoms with Gasteiger partial charge in [-0.15, -0.1) is 0 Å². The summed E-state index contributed by atoms with van der Waals surface area (Å²) in [5.74, 6) is 0.215. The van der Waals surface area contributed by atoms with Crippen LogP contribution in [0.5, 0.6) is 0 Å². The molecule has 0 aromatic heterocycles. The van der Waals surface area contributed by atoms with Crippen LogP contribution >= 0.6 is 12.6 Å². The highest BCUT2D eigenvalue weighted by molar-refractivity contribution is 7.81. The third-order valence-electron chi connectivity index (χ3n) is 1.67. The zero-order valence-corrected chi connectivity index (χ0v) is 8.53. The number of carbonyl (C=O) groups is 1. The molecule has 0 aromatic carbocycles. The molecule has 1 atom stereocenters. The molecule has 0 radical (unpaired) electrons. The smallest absolute Gasteiger partial charge is 0.150 e. The van der Waals surface area contributed by atoms with Gasteiger partial charge in [0.25, 0.3) is 0 Å². The summed E-state index contributed by atoms with van der Waals surface area (Å²) in [6, 6.07) is -0.143. The number of carbonyl (C=O) groups excluding carboxylic acids is 1. The number of likely N-dealkylation sites (N-methyl/N-ethyl adjacent to an activating group) is 1. The van der Waals surface area contributed by atoms with Crippen LogP contribution in [0.2, 0.25) is 0 Å². The van der Waals surface area contributed by atoms with Crippen molar-refractivity contribution in [2.75, 3.05) is 7.05 Å². The van der Waals surface area contributed by atoms with E-state index in [1.54, 1.807) is 7.05 Å². The second-order valence-corrected chi connectivity index (χ2v) is 4.35. The van der Waals surface area contributed by atoms with Gasteiger partial charge in [0.1, 0.15) is 0 Å². The van der Waals surface area contributed by atoms with Crippen LogP contribution < -0.4 is 5.32 Å². The van der Waals surface area contributed by atoms with E-state index in [1.807, 2.05) is 20.8 Å². The molecule has 0 aliphatic heterocycles. The van der Waals surface area contributed by atoms with Crippen molar-refractivity contribution in [1.82, 2.24) is 5.32 Å². The molecule has 0 amide bonds. The Morgan fingerprint density at radius 3 is 2.18 bits per heavy atom. The fourth-order valence-corrected chi connectivity index (χ4v) is 1.39. The summed E-state index contributed by atoms with van der Waals surface area (Å²) in [4.78, 5) is 11.3. The van der Waals surface area contributed by atoms with Crippen molar-refractivity contribution in [3.05, 3.63) is 0 Å². The third-order valence-corrected chi connectivity index (χ3v) is 1.92. The van der Waals surface area contributed by atoms with Gasteiger partial charge < -0.3 is 5.32 Å². The van der Waals surface area contributed by atoms with E-state index in [0.717, 1.165) is 0 Å². The molecule has 0 aliphatic carbocycles. The number of ketones is 1. The van der Waals surface area contributed by atoms with E-state index in [2.05, 4.69) is 17.9 Å². The summed E-state index contributed by atoms with van der Waals surface area (Å²) >= 11 is 4.34. The maximum absolute atomic E-state index is 11.3. The zero-order chi connectivity index (χ0) is 9.07. The van der Waals surface area contributed by atoms with Crippen molar-refractivity contribution in [3.8, 4) is 0 Å². The molecule has 2 nitrogen and oxygen atoms in total. The fourth-order valence-electron chi connectivity index (χ4n) is 1.11. The van der Waals surface area contributed by atoms with E-state index in [1.165, 1.54) is 0 Å². The Balaban J connectivity index is 4.29. The average Bonchev–Trinajstić information content (AvgIpc) is 1.86. The molecule has 0 aromatic rings. The summed E-state index contributed by atoms with van der Waals surface area (Å²) in [6.07, 6.45) is 0.565. The van der Waals surface area contributed by atoms with Crippen LogP contribution in [0.3, 0.4) is 0 Å². The number of rotatable bonds is 4. The van der Waals surface area contributed by atoms with Gasteiger partial charge in [-0.1, -0.05) is 6.92 Å². The molecule has 0 aliphatic rings. The second kappa shape index (κ2) is 4.12. The van der Waals surface area contributed by atoms with Gasteiger partial charge in [0.15, 0.2) is 5.78 Å². The van der Waals surface area contributed by atoms with Crippen molar-refractivity contribution in [1.29, 1.82) is 0 Å². The van der Waals surface area contributed by atoms with E-state index in [9.17, 15) is 4.79 Å². The first-order valence-corrected chi connectivity index (χ1v) is 4.30. The van der Waals surface area contributed by atoms with Crippen molar-refractivity contribution in [2.24, 2.45) is 0 Å². The summed E-state index contributed by atoms with van der Waals surface area (Å²) in [7, 11) is 1.79. The van der Waals surface area contributed by atoms with E-state index >= 15 is 0 Å². The van der Waals surface area contributed by atoms with Gasteiger partial charge in [0.2, 0.25) is 0 Å². The van der Waals surface area contributed by atoms with Gasteiger partial charge in [-0.05, 0) is 20.9 Å². The zero-order valence-electron chi connectivity index (χ0n) is 7.64. The Hall–Kier alpha value is -0.0200. The average molecular weight is 175 g/mol. The molecule has 0 saturated heterocycles. The van der Waals surface area contributed by atoms with Crippen LogP contribution in [-0.4, -0.2) is 23.6 Å². The highest BCUT2D eigenvalue weighted by Crippen LogP contribution is 2.18. The predicted molar refractivity (Wildman–Crippen MR) is 51.2 cm³/mol. The topological polar surface area (TPSA) is 29.1 Å². The largest absolute Gasteiger partial charge is 0.309 e. The number of hydrogen-bond acceptors (Lipinski definition) is 3. The number of nitrogens with one attached hydrogen (secondary N) is 1. The van der Waals surface area contributed by atoms with E-state index in [0.29, 0.717) is 6.42 Å². The molecule has 0 fully saturated rings. The standard InChI is InChI=1S/C8H17NOS/c1-5-6(10)7(9-4)8(2,3)11/h7,9,11H,5H2,1-4H3/t7-/m0/s1. The molecule has 11 heavy (non-hydrogen) atoms. The first-order valence-electron chi connectivity index (χ1n) is 3.85. The minimum Gasteiger partial charge on any atom is -0.309 e. The lowest BCUT2D eigenvalue weighted by Gasteiger charge is -2.27. The molecule has 1 N–H and O–H groups in total. The van der Waals surface area contributed by atoms with Gasteiger partial charge in [-0.3, -0.25) is 4.79 Å². The molecule has 0 unspecified atom stereocenters. The highest BCUT2D eigenvalue weighted by atomic mass is 32.1. The molecular formula is C8H17NOS. The van der Waals surface area contributed by atoms with Crippen LogP contribution in [0.1, 0.15) is 27.2 Å². The Labute approximate surface area is 74.2 Å². The van der Waals surface area contributed by atoms with E-state index < -0.39 is 0 Å². The summed E-state index contributed by atoms with van der Waals surface area (Å²) in [5, 5.41) is 2.97. The number of hydrogen-bond donors (Lipinski definition) is 2. The highest BCUT2D eigenvalue weighted by Gasteiger charge is 2.28. The van der Waals surface area contributed by atoms with Crippen LogP contribution in [0.25, 0.3) is 0 Å². The van der Waals surface area contributed by atoms with Crippen LogP contribution in [0.15, 0.2) is 0 Å². The third kappa shape index (κ3) is 3.25. The monoisotopic (exact) mass is 175 g/mol. The van der Waals surface area contributed by atoms with Crippen molar-refractivity contribution in [2.45, 2.75) is 38.0 Å². The molecule has 0 saturated carbocycles. The first-order chi connectivity index (χ1) is 4.93. The number of thiol groups is 1. The molecular weight excluding hydrogens is 158 g/mol. The quantitative estimate of drug-likeness (QED) is 0.630. The van der Waals surface area contributed by atoms with E-state index in [4.69, 9.17) is 0 Å². The van der Waals surface area contributed by atoms with Gasteiger partial charge in [0.05, 0.1) is 6.04 Å². The van der Waals surface area contributed by atoms with Crippen molar-refractivity contribution in [3.63, 3.8) is 0 Å². The Bertz CT molecular complexity index is 140. The Morgan fingerprint density at radius 2 is 2.09 bits per heavy atom. The maximum atomic E-state index is 11.3. The molecule has 66 valence electrons. The normalized spacial score (nSPS) is 14.6. The molecule has 0 rings (SSSR count). The minimum absolute atomic E-state index is 0.143. The molecule has 3 heteroatoms. The molecule has 0 spiro atoms. The maximum Gasteiger partial charge on any atom is 0.150 e. The first kappa shape index (κ1) is 11.0. The summed E-state index contributed by atoms with van der Waals surface area (Å²) < 4.78 is -0.276. The Kier molecular flexibility index (Phi) is 4.11. The van der Waals surface area contributed by atoms with Gasteiger partial charge in [-0.25, -0.2) is 0 Å². The number of Topliss-reactive ketones (excluding diaryl/α,β-unsaturated/α-hetero) is 1. The minimum atomic E-state index is -0.276. The summed E-state index contributed by atoms with van der Waals surface area (Å²) in [5.41, 5.74) is 0. The van der Waals surface area contributed by atoms with Crippen molar-refractivity contribution >= 4 is 18.4 Å². The van der Waals surface area contributed by atoms with Crippen LogP contribution in [-0.2, 0) is 4.79 Å². The lowest BCUT2D eigenvalue weighted by Crippen LogP contribution is -2.47. The molecule has 0 bridgehead atoms. The predicted octanol–water partition coefficient (Wildman–Crippen LogP) is 1.26. The summed E-state index contributed by atoms with van der Waals surface area (Å²) in [6.45, 7) is 5.74. The van der Waals surface area contributed by atoms with E-state index in [-0.39, 0.29) is 16.6 Å². The second-order valence-electron chi connectivity index (χ2n) is 3.20. The lowest BCUT2D eigenvalue weighted by molar-refractivity contribution is -0.121. The molecule has 0 heterocycles. The van der Waals surface area contributed by atoms with Gasteiger partial charge in [0, 0.05) is 11.2 Å². The van der Waals surface area contributed by atoms with Crippen LogP contribution in [0, 0.1) is 0 Å². The Morgan fingerprint density at radius 1 is 1.64 bits per heavy atom. The van der Waals surface area contributed by atoms with Gasteiger partial charge >= 0.3 is 0 Å². The van der Waals surface area contributed by atoms with Crippen molar-refractivity contribution < 1.29 is 4.79 Å². The SMILES string of the molecule is CCC(=O)[C@H](NC)C(C)(C)S. The lowest BCUT2D eigenvalue weighted by atomic mass is 9.98.